The number of ether oxygens (including phenoxy) is 1. The first-order valence-corrected chi connectivity index (χ1v) is 13.9. The monoisotopic (exact) mass is 558 g/mol. The van der Waals surface area contributed by atoms with Crippen molar-refractivity contribution in [3.8, 4) is 6.01 Å². The minimum Gasteiger partial charge on any atom is -0.388 e. The van der Waals surface area contributed by atoms with Crippen LogP contribution in [0.4, 0.5) is 4.39 Å². The molecular formula is C25H23FN4O6S2. The maximum absolute atomic E-state index is 13.2. The largest absolute Gasteiger partial charge is 0.388 e. The quantitative estimate of drug-likeness (QED) is 0.276. The fourth-order valence-electron chi connectivity index (χ4n) is 3.73. The van der Waals surface area contributed by atoms with E-state index in [2.05, 4.69) is 9.36 Å². The summed E-state index contributed by atoms with van der Waals surface area (Å²) in [6, 6.07) is 10.7. The summed E-state index contributed by atoms with van der Waals surface area (Å²) in [5, 5.41) is 5.09. The van der Waals surface area contributed by atoms with Crippen molar-refractivity contribution in [3.05, 3.63) is 82.0 Å². The predicted molar refractivity (Wildman–Crippen MR) is 138 cm³/mol. The third-order valence-electron chi connectivity index (χ3n) is 5.71. The van der Waals surface area contributed by atoms with E-state index >= 15 is 0 Å². The van der Waals surface area contributed by atoms with Gasteiger partial charge in [-0.2, -0.15) is 9.36 Å². The summed E-state index contributed by atoms with van der Waals surface area (Å²) in [6.07, 6.45) is 3.38. The zero-order valence-corrected chi connectivity index (χ0v) is 21.6. The first-order chi connectivity index (χ1) is 18.1. The lowest BCUT2D eigenvalue weighted by Gasteiger charge is -2.12. The van der Waals surface area contributed by atoms with Gasteiger partial charge in [-0.15, -0.1) is 0 Å². The summed E-state index contributed by atoms with van der Waals surface area (Å²) in [7, 11) is -3.75. The van der Waals surface area contributed by atoms with Gasteiger partial charge in [0.1, 0.15) is 21.8 Å². The highest BCUT2D eigenvalue weighted by Crippen LogP contribution is 2.18. The number of sulfonamides is 1. The van der Waals surface area contributed by atoms with E-state index in [4.69, 9.17) is 9.88 Å². The Labute approximate surface area is 221 Å². The summed E-state index contributed by atoms with van der Waals surface area (Å²) >= 11 is 0.969. The molecule has 2 aromatic heterocycles. The van der Waals surface area contributed by atoms with Gasteiger partial charge < -0.3 is 4.74 Å². The Bertz CT molecular complexity index is 1630. The number of primary sulfonamides is 1. The Hall–Kier alpha value is -3.81. The average Bonchev–Trinajstić information content (AvgIpc) is 3.35. The zero-order chi connectivity index (χ0) is 27.3. The van der Waals surface area contributed by atoms with Crippen molar-refractivity contribution < 1.29 is 27.1 Å². The maximum Gasteiger partial charge on any atom is 0.345 e. The lowest BCUT2D eigenvalue weighted by molar-refractivity contribution is -0.119. The van der Waals surface area contributed by atoms with Crippen molar-refractivity contribution in [2.24, 2.45) is 5.14 Å². The van der Waals surface area contributed by atoms with Crippen LogP contribution in [-0.4, -0.2) is 34.1 Å². The zero-order valence-electron chi connectivity index (χ0n) is 20.0. The lowest BCUT2D eigenvalue weighted by Crippen LogP contribution is -2.25. The van der Waals surface area contributed by atoms with Crippen LogP contribution in [0, 0.1) is 5.82 Å². The van der Waals surface area contributed by atoms with Crippen molar-refractivity contribution in [1.29, 1.82) is 0 Å². The number of aryl methyl sites for hydroxylation is 1. The van der Waals surface area contributed by atoms with Gasteiger partial charge in [-0.3, -0.25) is 14.2 Å². The van der Waals surface area contributed by atoms with E-state index in [1.54, 1.807) is 12.1 Å². The third kappa shape index (κ3) is 6.73. The molecule has 0 spiro atoms. The predicted octanol–water partition coefficient (Wildman–Crippen LogP) is 3.23. The van der Waals surface area contributed by atoms with E-state index < -0.39 is 27.4 Å². The molecule has 0 amide bonds. The standard InChI is InChI=1S/C25H23FN4O6S2/c26-18-10-8-17(9-11-18)24(33)36-25-29-21-15-28-37-22(21)23(32)30(25)14-2-5-19(31)4-1-3-16-6-12-20(13-7-16)38(27,34)35/h6-13,15H,1-5,14H2,(H2,27,34,35). The van der Waals surface area contributed by atoms with Crippen molar-refractivity contribution in [1.82, 2.24) is 13.9 Å². The van der Waals surface area contributed by atoms with E-state index in [1.165, 1.54) is 35.0 Å². The highest BCUT2D eigenvalue weighted by molar-refractivity contribution is 7.89. The summed E-state index contributed by atoms with van der Waals surface area (Å²) in [5.74, 6) is -1.32. The Morgan fingerprint density at radius 1 is 1.03 bits per heavy atom. The minimum atomic E-state index is -3.75. The molecule has 2 heterocycles. The smallest absolute Gasteiger partial charge is 0.345 e. The van der Waals surface area contributed by atoms with Crippen LogP contribution < -0.4 is 15.4 Å². The number of ketones is 1. The molecule has 0 atom stereocenters. The van der Waals surface area contributed by atoms with Gasteiger partial charge in [-0.25, -0.2) is 22.7 Å². The number of aromatic nitrogens is 3. The number of carbonyl (C=O) groups is 2. The SMILES string of the molecule is NS(=O)(=O)c1ccc(CCCC(=O)CCCn2c(OC(=O)c3ccc(F)cc3)nc3cnsc3c2=O)cc1. The van der Waals surface area contributed by atoms with Gasteiger partial charge in [0, 0.05) is 19.4 Å². The van der Waals surface area contributed by atoms with E-state index in [-0.39, 0.29) is 40.7 Å². The molecule has 0 saturated carbocycles. The highest BCUT2D eigenvalue weighted by Gasteiger charge is 2.18. The number of rotatable bonds is 11. The highest BCUT2D eigenvalue weighted by atomic mass is 32.2. The number of carbonyl (C=O) groups excluding carboxylic acids is 2. The van der Waals surface area contributed by atoms with Gasteiger partial charge in [0.25, 0.3) is 5.56 Å². The summed E-state index contributed by atoms with van der Waals surface area (Å²) in [4.78, 5) is 42.2. The van der Waals surface area contributed by atoms with Crippen LogP contribution in [0.2, 0.25) is 0 Å². The molecule has 10 nitrogen and oxygen atoms in total. The molecule has 13 heteroatoms. The first-order valence-electron chi connectivity index (χ1n) is 11.6. The topological polar surface area (TPSA) is 151 Å². The van der Waals surface area contributed by atoms with Crippen molar-refractivity contribution in [3.63, 3.8) is 0 Å². The number of fused-ring (bicyclic) bond motifs is 1. The summed E-state index contributed by atoms with van der Waals surface area (Å²) in [6.45, 7) is 0.0898. The van der Waals surface area contributed by atoms with E-state index in [0.717, 1.165) is 29.2 Å². The van der Waals surface area contributed by atoms with Gasteiger partial charge in [-0.1, -0.05) is 12.1 Å². The number of nitrogens with two attached hydrogens (primary N) is 1. The fourth-order valence-corrected chi connectivity index (χ4v) is 4.89. The normalized spacial score (nSPS) is 11.5. The summed E-state index contributed by atoms with van der Waals surface area (Å²) < 4.78 is 46.7. The third-order valence-corrected chi connectivity index (χ3v) is 7.42. The molecule has 0 saturated heterocycles. The first kappa shape index (κ1) is 27.2. The minimum absolute atomic E-state index is 0.00381. The van der Waals surface area contributed by atoms with E-state index in [0.29, 0.717) is 30.4 Å². The number of halogens is 1. The number of benzene rings is 2. The molecule has 4 aromatic rings. The fraction of sp³-hybridized carbons (Fsp3) is 0.240. The Kier molecular flexibility index (Phi) is 8.39. The van der Waals surface area contributed by atoms with Crippen LogP contribution in [0.1, 0.15) is 41.6 Å². The maximum atomic E-state index is 13.2. The molecule has 2 N–H and O–H groups in total. The Morgan fingerprint density at radius 2 is 1.71 bits per heavy atom. The van der Waals surface area contributed by atoms with Crippen molar-refractivity contribution >= 4 is 43.5 Å². The summed E-state index contributed by atoms with van der Waals surface area (Å²) in [5.41, 5.74) is 0.819. The van der Waals surface area contributed by atoms with E-state index in [9.17, 15) is 27.2 Å². The molecule has 2 aromatic carbocycles. The van der Waals surface area contributed by atoms with E-state index in [1.807, 2.05) is 0 Å². The number of hydrogen-bond acceptors (Lipinski definition) is 9. The molecule has 0 aliphatic carbocycles. The van der Waals surface area contributed by atoms with Crippen LogP contribution >= 0.6 is 11.5 Å². The molecular weight excluding hydrogens is 535 g/mol. The van der Waals surface area contributed by atoms with Crippen LogP contribution in [-0.2, 0) is 27.8 Å². The van der Waals surface area contributed by atoms with Crippen LogP contribution in [0.25, 0.3) is 10.2 Å². The number of Topliss-reactive ketones (excluding diaryl/α,β-unsaturated/α-hetero) is 1. The second-order valence-corrected chi connectivity index (χ2v) is 10.8. The molecule has 38 heavy (non-hydrogen) atoms. The van der Waals surface area contributed by atoms with Gasteiger partial charge >= 0.3 is 12.0 Å². The second-order valence-electron chi connectivity index (χ2n) is 8.47. The van der Waals surface area contributed by atoms with Crippen molar-refractivity contribution in [2.45, 2.75) is 43.5 Å². The van der Waals surface area contributed by atoms with Gasteiger partial charge in [-0.05, 0) is 72.8 Å². The van der Waals surface area contributed by atoms with Crippen molar-refractivity contribution in [2.75, 3.05) is 0 Å². The Balaban J connectivity index is 1.36. The lowest BCUT2D eigenvalue weighted by atomic mass is 10.0. The van der Waals surface area contributed by atoms with Crippen LogP contribution in [0.5, 0.6) is 6.01 Å². The van der Waals surface area contributed by atoms with Gasteiger partial charge in [0.15, 0.2) is 0 Å². The molecule has 4 rings (SSSR count). The molecule has 0 aliphatic heterocycles. The molecule has 0 fully saturated rings. The molecule has 198 valence electrons. The average molecular weight is 559 g/mol. The molecule has 0 aliphatic rings. The van der Waals surface area contributed by atoms with Gasteiger partial charge in [0.2, 0.25) is 10.0 Å². The Morgan fingerprint density at radius 3 is 2.39 bits per heavy atom. The number of esters is 1. The molecule has 0 unspecified atom stereocenters. The van der Waals surface area contributed by atoms with Gasteiger partial charge in [0.05, 0.1) is 16.7 Å². The second kappa shape index (κ2) is 11.7. The number of hydrogen-bond donors (Lipinski definition) is 1. The molecule has 0 radical (unpaired) electrons. The molecule has 0 bridgehead atoms. The van der Waals surface area contributed by atoms with Crippen LogP contribution in [0.15, 0.2) is 64.4 Å². The number of nitrogens with zero attached hydrogens (tertiary/aromatic N) is 3. The van der Waals surface area contributed by atoms with Crippen LogP contribution in [0.3, 0.4) is 0 Å².